The molecule has 2 saturated heterocycles. The first-order valence-corrected chi connectivity index (χ1v) is 12.9. The van der Waals surface area contributed by atoms with Gasteiger partial charge in [0.1, 0.15) is 24.4 Å². The summed E-state index contributed by atoms with van der Waals surface area (Å²) in [6.45, 7) is 13.0. The lowest BCUT2D eigenvalue weighted by Crippen LogP contribution is -2.34. The van der Waals surface area contributed by atoms with E-state index in [-0.39, 0.29) is 24.4 Å². The van der Waals surface area contributed by atoms with Crippen molar-refractivity contribution >= 4 is 8.80 Å². The van der Waals surface area contributed by atoms with Crippen LogP contribution in [0.25, 0.3) is 0 Å². The summed E-state index contributed by atoms with van der Waals surface area (Å²) in [7, 11) is -0.725. The molecule has 1 aromatic rings. The van der Waals surface area contributed by atoms with E-state index >= 15 is 0 Å². The van der Waals surface area contributed by atoms with E-state index in [1.54, 1.807) is 0 Å². The third-order valence-corrected chi connectivity index (χ3v) is 9.16. The highest BCUT2D eigenvalue weighted by Gasteiger charge is 2.48. The summed E-state index contributed by atoms with van der Waals surface area (Å²) in [5.41, 5.74) is 1.16. The first kappa shape index (κ1) is 21.0. The van der Waals surface area contributed by atoms with Gasteiger partial charge in [0, 0.05) is 15.4 Å². The fourth-order valence-electron chi connectivity index (χ4n) is 3.25. The molecule has 2 aliphatic rings. The molecule has 1 aromatic carbocycles. The van der Waals surface area contributed by atoms with E-state index in [0.717, 1.165) is 12.2 Å². The molecule has 3 rings (SSSR count). The Balaban J connectivity index is 1.35. The Morgan fingerprint density at radius 3 is 2.22 bits per heavy atom. The van der Waals surface area contributed by atoms with Crippen LogP contribution in [0.15, 0.2) is 30.3 Å². The highest BCUT2D eigenvalue weighted by atomic mass is 28.3. The van der Waals surface area contributed by atoms with E-state index in [1.807, 2.05) is 18.2 Å². The quantitative estimate of drug-likeness (QED) is 0.451. The van der Waals surface area contributed by atoms with Crippen molar-refractivity contribution in [1.29, 1.82) is 0 Å². The van der Waals surface area contributed by atoms with Gasteiger partial charge in [-0.1, -0.05) is 57.3 Å². The normalized spacial score (nSPS) is 28.0. The monoisotopic (exact) mass is 394 g/mol. The summed E-state index contributed by atoms with van der Waals surface area (Å²) in [4.78, 5) is 0. The lowest BCUT2D eigenvalue weighted by molar-refractivity contribution is -0.0637. The van der Waals surface area contributed by atoms with Crippen molar-refractivity contribution in [2.24, 2.45) is 0 Å². The summed E-state index contributed by atoms with van der Waals surface area (Å²) in [5.74, 6) is 0. The molecule has 0 unspecified atom stereocenters. The molecule has 2 aliphatic heterocycles. The minimum atomic E-state index is -0.725. The van der Waals surface area contributed by atoms with Crippen molar-refractivity contribution in [3.05, 3.63) is 35.9 Å². The molecule has 0 N–H and O–H groups in total. The summed E-state index contributed by atoms with van der Waals surface area (Å²) in [5, 5.41) is 0.319. The van der Waals surface area contributed by atoms with Crippen LogP contribution < -0.4 is 0 Å². The predicted octanol–water partition coefficient (Wildman–Crippen LogP) is 3.04. The number of hydrogen-bond donors (Lipinski definition) is 0. The predicted molar refractivity (Wildman–Crippen MR) is 108 cm³/mol. The van der Waals surface area contributed by atoms with E-state index in [0.29, 0.717) is 38.1 Å². The van der Waals surface area contributed by atoms with Crippen molar-refractivity contribution in [1.82, 2.24) is 0 Å². The number of benzene rings is 1. The zero-order chi connectivity index (χ0) is 19.3. The Morgan fingerprint density at radius 2 is 1.59 bits per heavy atom. The van der Waals surface area contributed by atoms with Crippen molar-refractivity contribution in [3.63, 3.8) is 0 Å². The number of hydrogen-bond acceptors (Lipinski definition) is 5. The summed E-state index contributed by atoms with van der Waals surface area (Å²) in [6.07, 6.45) is -0.135. The molecule has 0 aromatic heterocycles. The molecule has 0 radical (unpaired) electrons. The lowest BCUT2D eigenvalue weighted by atomic mass is 10.1. The minimum Gasteiger partial charge on any atom is -0.379 e. The Hall–Kier alpha value is -0.763. The first-order chi connectivity index (χ1) is 13.0. The molecule has 2 fully saturated rings. The van der Waals surface area contributed by atoms with Crippen LogP contribution >= 0.6 is 0 Å². The van der Waals surface area contributed by atoms with Gasteiger partial charge in [0.15, 0.2) is 0 Å². The van der Waals surface area contributed by atoms with Crippen LogP contribution in [-0.2, 0) is 30.3 Å². The molecule has 0 aliphatic carbocycles. The first-order valence-electron chi connectivity index (χ1n) is 10.1. The standard InChI is InChI=1S/C21H34O5Si/c1-21(2,27(3)4)15-22-10-11-23-17-13-25-20-18(14-26-19(17)20)24-12-16-8-6-5-7-9-16/h5-9,17-20,27H,10-15H2,1-4H3/t17-,18+,19+,20+/m0/s1. The van der Waals surface area contributed by atoms with Gasteiger partial charge < -0.3 is 23.7 Å². The maximum absolute atomic E-state index is 6.03. The fraction of sp³-hybridized carbons (Fsp3) is 0.714. The van der Waals surface area contributed by atoms with Gasteiger partial charge in [0.05, 0.1) is 33.0 Å². The van der Waals surface area contributed by atoms with Crippen molar-refractivity contribution < 1.29 is 23.7 Å². The summed E-state index contributed by atoms with van der Waals surface area (Å²) < 4.78 is 29.7. The minimum absolute atomic E-state index is 0.0307. The molecule has 4 atom stereocenters. The molecule has 0 amide bonds. The Bertz CT molecular complexity index is 565. The smallest absolute Gasteiger partial charge is 0.115 e. The molecule has 0 saturated carbocycles. The molecule has 5 nitrogen and oxygen atoms in total. The van der Waals surface area contributed by atoms with Crippen molar-refractivity contribution in [2.45, 2.75) is 63.0 Å². The maximum Gasteiger partial charge on any atom is 0.115 e. The van der Waals surface area contributed by atoms with Gasteiger partial charge in [0.2, 0.25) is 0 Å². The molecule has 0 bridgehead atoms. The highest BCUT2D eigenvalue weighted by Crippen LogP contribution is 2.31. The van der Waals surface area contributed by atoms with Gasteiger partial charge in [-0.3, -0.25) is 0 Å². The van der Waals surface area contributed by atoms with E-state index in [2.05, 4.69) is 39.1 Å². The van der Waals surface area contributed by atoms with Crippen LogP contribution in [0.1, 0.15) is 19.4 Å². The summed E-state index contributed by atoms with van der Waals surface area (Å²) in [6, 6.07) is 10.2. The van der Waals surface area contributed by atoms with Crippen LogP contribution in [-0.4, -0.2) is 66.2 Å². The van der Waals surface area contributed by atoms with Crippen LogP contribution in [0.3, 0.4) is 0 Å². The fourth-order valence-corrected chi connectivity index (χ4v) is 3.70. The van der Waals surface area contributed by atoms with Gasteiger partial charge in [-0.05, 0) is 10.6 Å². The van der Waals surface area contributed by atoms with E-state index in [4.69, 9.17) is 23.7 Å². The number of rotatable bonds is 10. The van der Waals surface area contributed by atoms with Gasteiger partial charge in [-0.15, -0.1) is 0 Å². The zero-order valence-electron chi connectivity index (χ0n) is 17.1. The average molecular weight is 395 g/mol. The number of fused-ring (bicyclic) bond motifs is 1. The van der Waals surface area contributed by atoms with Crippen LogP contribution in [0.5, 0.6) is 0 Å². The van der Waals surface area contributed by atoms with E-state index < -0.39 is 8.80 Å². The van der Waals surface area contributed by atoms with Gasteiger partial charge in [-0.2, -0.15) is 0 Å². The van der Waals surface area contributed by atoms with Gasteiger partial charge >= 0.3 is 0 Å². The molecular formula is C21H34O5Si. The lowest BCUT2D eigenvalue weighted by Gasteiger charge is -2.28. The molecule has 0 spiro atoms. The molecule has 27 heavy (non-hydrogen) atoms. The highest BCUT2D eigenvalue weighted by molar-refractivity contribution is 6.59. The largest absolute Gasteiger partial charge is 0.379 e. The van der Waals surface area contributed by atoms with Crippen molar-refractivity contribution in [2.75, 3.05) is 33.0 Å². The van der Waals surface area contributed by atoms with E-state index in [9.17, 15) is 0 Å². The topological polar surface area (TPSA) is 46.2 Å². The second kappa shape index (κ2) is 9.63. The second-order valence-electron chi connectivity index (χ2n) is 8.54. The Morgan fingerprint density at radius 1 is 0.963 bits per heavy atom. The van der Waals surface area contributed by atoms with Crippen LogP contribution in [0, 0.1) is 0 Å². The number of ether oxygens (including phenoxy) is 5. The van der Waals surface area contributed by atoms with Crippen LogP contribution in [0.4, 0.5) is 0 Å². The van der Waals surface area contributed by atoms with Crippen LogP contribution in [0.2, 0.25) is 18.1 Å². The third-order valence-electron chi connectivity index (χ3n) is 5.87. The molecule has 152 valence electrons. The third kappa shape index (κ3) is 5.62. The van der Waals surface area contributed by atoms with Crippen molar-refractivity contribution in [3.8, 4) is 0 Å². The maximum atomic E-state index is 6.03. The SMILES string of the molecule is C[SiH](C)C(C)(C)COCCO[C@H]1CO[C@H]2[C@@H]1OC[C@H]2OCc1ccccc1. The van der Waals surface area contributed by atoms with Gasteiger partial charge in [0.25, 0.3) is 0 Å². The second-order valence-corrected chi connectivity index (χ2v) is 12.4. The molecular weight excluding hydrogens is 360 g/mol. The average Bonchev–Trinajstić information content (AvgIpc) is 3.23. The Labute approximate surface area is 164 Å². The van der Waals surface area contributed by atoms with E-state index in [1.165, 1.54) is 0 Å². The zero-order valence-corrected chi connectivity index (χ0v) is 18.2. The Kier molecular flexibility index (Phi) is 7.47. The van der Waals surface area contributed by atoms with Gasteiger partial charge in [-0.25, -0.2) is 0 Å². The molecule has 6 heteroatoms. The summed E-state index contributed by atoms with van der Waals surface area (Å²) >= 11 is 0. The molecule has 2 heterocycles.